The molecule has 0 bridgehead atoms. The maximum atomic E-state index is 11.8. The number of amides is 1. The average Bonchev–Trinajstić information content (AvgIpc) is 2.96. The number of carbonyl (C=O) groups excluding carboxylic acids is 2. The first-order valence-electron chi connectivity index (χ1n) is 8.32. The summed E-state index contributed by atoms with van der Waals surface area (Å²) in [6.45, 7) is 6.98. The Morgan fingerprint density at radius 3 is 2.38 bits per heavy atom. The van der Waals surface area contributed by atoms with Gasteiger partial charge in [-0.15, -0.1) is 0 Å². The fourth-order valence-electron chi connectivity index (χ4n) is 2.50. The molecule has 0 aliphatic heterocycles. The van der Waals surface area contributed by atoms with Crippen molar-refractivity contribution in [3.63, 3.8) is 0 Å². The summed E-state index contributed by atoms with van der Waals surface area (Å²) in [5, 5.41) is 2.69. The van der Waals surface area contributed by atoms with Gasteiger partial charge in [0.15, 0.2) is 5.78 Å². The van der Waals surface area contributed by atoms with Crippen LogP contribution in [0.4, 0.5) is 10.5 Å². The van der Waals surface area contributed by atoms with Gasteiger partial charge in [-0.2, -0.15) is 0 Å². The number of ether oxygens (including phenoxy) is 1. The number of rotatable bonds is 3. The first-order chi connectivity index (χ1) is 12.2. The van der Waals surface area contributed by atoms with Crippen LogP contribution < -0.4 is 5.32 Å². The van der Waals surface area contributed by atoms with E-state index in [1.54, 1.807) is 24.3 Å². The third-order valence-electron chi connectivity index (χ3n) is 3.69. The number of anilines is 1. The number of nitrogens with zero attached hydrogens (tertiary/aromatic N) is 1. The minimum absolute atomic E-state index is 0.0145. The molecular weight excluding hydrogens is 330 g/mol. The summed E-state index contributed by atoms with van der Waals surface area (Å²) in [4.78, 5) is 31.1. The van der Waals surface area contributed by atoms with E-state index in [0.29, 0.717) is 17.1 Å². The second-order valence-electron chi connectivity index (χ2n) is 7.08. The van der Waals surface area contributed by atoms with Crippen LogP contribution in [0.1, 0.15) is 38.1 Å². The Kier molecular flexibility index (Phi) is 4.50. The van der Waals surface area contributed by atoms with Gasteiger partial charge in [0, 0.05) is 16.8 Å². The van der Waals surface area contributed by atoms with Crippen molar-refractivity contribution in [1.29, 1.82) is 0 Å². The Morgan fingerprint density at radius 1 is 1.08 bits per heavy atom. The molecule has 0 fully saturated rings. The number of benzene rings is 2. The monoisotopic (exact) mass is 351 g/mol. The lowest BCUT2D eigenvalue weighted by molar-refractivity contribution is 0.0635. The maximum Gasteiger partial charge on any atom is 0.412 e. The lowest BCUT2D eigenvalue weighted by Gasteiger charge is -2.19. The molecule has 0 saturated carbocycles. The number of Topliss-reactive ketones (excluding diaryl/α,β-unsaturated/α-hetero) is 1. The van der Waals surface area contributed by atoms with Crippen LogP contribution in [0.5, 0.6) is 0 Å². The van der Waals surface area contributed by atoms with Gasteiger partial charge >= 0.3 is 6.09 Å². The van der Waals surface area contributed by atoms with Crippen molar-refractivity contribution >= 4 is 28.6 Å². The number of fused-ring (bicyclic) bond motifs is 1. The van der Waals surface area contributed by atoms with Crippen molar-refractivity contribution in [3.05, 3.63) is 48.0 Å². The molecule has 1 amide bonds. The van der Waals surface area contributed by atoms with Gasteiger partial charge in [0.1, 0.15) is 11.4 Å². The second-order valence-corrected chi connectivity index (χ2v) is 7.08. The summed E-state index contributed by atoms with van der Waals surface area (Å²) in [6, 6.07) is 12.7. The third-order valence-corrected chi connectivity index (χ3v) is 3.69. The average molecular weight is 351 g/mol. The molecule has 26 heavy (non-hydrogen) atoms. The van der Waals surface area contributed by atoms with E-state index in [2.05, 4.69) is 15.3 Å². The standard InChI is InChI=1S/C20H21N3O3/c1-12(24)14-7-10-16-17(11-14)23-18(22-16)13-5-8-15(9-6-13)21-19(25)26-20(2,3)4/h5-11H,1-4H3,(H,21,25)(H,22,23). The maximum absolute atomic E-state index is 11.8. The molecule has 3 aromatic rings. The number of carbonyl (C=O) groups is 2. The molecule has 2 aromatic carbocycles. The Bertz CT molecular complexity index is 966. The SMILES string of the molecule is CC(=O)c1ccc2nc(-c3ccc(NC(=O)OC(C)(C)C)cc3)[nH]c2c1. The molecule has 0 aliphatic rings. The van der Waals surface area contributed by atoms with Gasteiger partial charge in [-0.1, -0.05) is 0 Å². The molecule has 0 unspecified atom stereocenters. The molecule has 0 spiro atoms. The predicted octanol–water partition coefficient (Wildman–Crippen LogP) is 4.78. The van der Waals surface area contributed by atoms with E-state index in [9.17, 15) is 9.59 Å². The molecule has 0 atom stereocenters. The van der Waals surface area contributed by atoms with Crippen molar-refractivity contribution in [1.82, 2.24) is 9.97 Å². The number of aromatic nitrogens is 2. The van der Waals surface area contributed by atoms with Crippen LogP contribution in [-0.2, 0) is 4.74 Å². The molecule has 1 aromatic heterocycles. The Labute approximate surface area is 151 Å². The summed E-state index contributed by atoms with van der Waals surface area (Å²) < 4.78 is 5.23. The van der Waals surface area contributed by atoms with E-state index in [0.717, 1.165) is 16.6 Å². The lowest BCUT2D eigenvalue weighted by atomic mass is 10.1. The van der Waals surface area contributed by atoms with E-state index in [1.165, 1.54) is 6.92 Å². The number of aromatic amines is 1. The van der Waals surface area contributed by atoms with E-state index in [1.807, 2.05) is 39.0 Å². The topological polar surface area (TPSA) is 84.1 Å². The van der Waals surface area contributed by atoms with Crippen LogP contribution in [0.3, 0.4) is 0 Å². The lowest BCUT2D eigenvalue weighted by Crippen LogP contribution is -2.27. The van der Waals surface area contributed by atoms with Crippen LogP contribution in [-0.4, -0.2) is 27.4 Å². The number of ketones is 1. The van der Waals surface area contributed by atoms with Gasteiger partial charge in [0.2, 0.25) is 0 Å². The van der Waals surface area contributed by atoms with E-state index in [-0.39, 0.29) is 5.78 Å². The second kappa shape index (κ2) is 6.63. The highest BCUT2D eigenvalue weighted by atomic mass is 16.6. The molecule has 0 saturated heterocycles. The normalized spacial score (nSPS) is 11.4. The minimum atomic E-state index is -0.545. The molecule has 0 aliphatic carbocycles. The molecule has 6 heteroatoms. The zero-order valence-electron chi connectivity index (χ0n) is 15.2. The van der Waals surface area contributed by atoms with Gasteiger partial charge in [-0.05, 0) is 70.2 Å². The van der Waals surface area contributed by atoms with E-state index in [4.69, 9.17) is 4.74 Å². The van der Waals surface area contributed by atoms with Crippen molar-refractivity contribution in [2.24, 2.45) is 0 Å². The predicted molar refractivity (Wildman–Crippen MR) is 101 cm³/mol. The number of H-pyrrole nitrogens is 1. The Morgan fingerprint density at radius 2 is 1.77 bits per heavy atom. The van der Waals surface area contributed by atoms with Gasteiger partial charge in [-0.3, -0.25) is 10.1 Å². The van der Waals surface area contributed by atoms with Crippen LogP contribution in [0, 0.1) is 0 Å². The summed E-state index contributed by atoms with van der Waals surface area (Å²) in [5.74, 6) is 0.713. The highest BCUT2D eigenvalue weighted by Gasteiger charge is 2.16. The zero-order chi connectivity index (χ0) is 18.9. The molecule has 6 nitrogen and oxygen atoms in total. The largest absolute Gasteiger partial charge is 0.444 e. The quantitative estimate of drug-likeness (QED) is 0.665. The Hall–Kier alpha value is -3.15. The van der Waals surface area contributed by atoms with E-state index >= 15 is 0 Å². The molecule has 1 heterocycles. The van der Waals surface area contributed by atoms with Crippen LogP contribution in [0.15, 0.2) is 42.5 Å². The number of nitrogens with one attached hydrogen (secondary N) is 2. The number of hydrogen-bond acceptors (Lipinski definition) is 4. The van der Waals surface area contributed by atoms with Gasteiger partial charge in [-0.25, -0.2) is 9.78 Å². The van der Waals surface area contributed by atoms with E-state index < -0.39 is 11.7 Å². The number of hydrogen-bond donors (Lipinski definition) is 2. The molecule has 2 N–H and O–H groups in total. The first kappa shape index (κ1) is 17.7. The van der Waals surface area contributed by atoms with Crippen molar-refractivity contribution < 1.29 is 14.3 Å². The Balaban J connectivity index is 1.79. The zero-order valence-corrected chi connectivity index (χ0v) is 15.2. The summed E-state index contributed by atoms with van der Waals surface area (Å²) in [6.07, 6.45) is -0.495. The number of imidazole rings is 1. The van der Waals surface area contributed by atoms with Crippen molar-refractivity contribution in [2.45, 2.75) is 33.3 Å². The van der Waals surface area contributed by atoms with Crippen molar-refractivity contribution in [3.8, 4) is 11.4 Å². The molecule has 0 radical (unpaired) electrons. The summed E-state index contributed by atoms with van der Waals surface area (Å²) in [7, 11) is 0. The fraction of sp³-hybridized carbons (Fsp3) is 0.250. The summed E-state index contributed by atoms with van der Waals surface area (Å²) >= 11 is 0. The van der Waals surface area contributed by atoms with Crippen LogP contribution >= 0.6 is 0 Å². The van der Waals surface area contributed by atoms with Gasteiger partial charge in [0.05, 0.1) is 11.0 Å². The highest BCUT2D eigenvalue weighted by Crippen LogP contribution is 2.23. The molecule has 3 rings (SSSR count). The first-order valence-corrected chi connectivity index (χ1v) is 8.32. The highest BCUT2D eigenvalue weighted by molar-refractivity contribution is 5.97. The van der Waals surface area contributed by atoms with Crippen LogP contribution in [0.2, 0.25) is 0 Å². The molecule has 134 valence electrons. The minimum Gasteiger partial charge on any atom is -0.444 e. The summed E-state index contributed by atoms with van der Waals surface area (Å²) in [5.41, 5.74) is 3.21. The smallest absolute Gasteiger partial charge is 0.412 e. The fourth-order valence-corrected chi connectivity index (χ4v) is 2.50. The molecular formula is C20H21N3O3. The van der Waals surface area contributed by atoms with Crippen LogP contribution in [0.25, 0.3) is 22.4 Å². The third kappa shape index (κ3) is 4.08. The van der Waals surface area contributed by atoms with Gasteiger partial charge < -0.3 is 9.72 Å². The van der Waals surface area contributed by atoms with Crippen molar-refractivity contribution in [2.75, 3.05) is 5.32 Å². The van der Waals surface area contributed by atoms with Gasteiger partial charge in [0.25, 0.3) is 0 Å².